The third-order valence-electron chi connectivity index (χ3n) is 4.43. The summed E-state index contributed by atoms with van der Waals surface area (Å²) in [5.41, 5.74) is 0.0714. The fourth-order valence-electron chi connectivity index (χ4n) is 3.33. The van der Waals surface area contributed by atoms with E-state index in [9.17, 15) is 14.0 Å². The molecule has 0 radical (unpaired) electrons. The van der Waals surface area contributed by atoms with Crippen molar-refractivity contribution in [2.45, 2.75) is 6.42 Å². The first-order valence-corrected chi connectivity index (χ1v) is 7.00. The van der Waals surface area contributed by atoms with E-state index in [1.807, 2.05) is 7.05 Å². The molecule has 1 N–H and O–H groups in total. The van der Waals surface area contributed by atoms with Gasteiger partial charge in [0.1, 0.15) is 5.82 Å². The number of halogens is 1. The van der Waals surface area contributed by atoms with Crippen molar-refractivity contribution >= 4 is 17.6 Å². The summed E-state index contributed by atoms with van der Waals surface area (Å²) < 4.78 is 13.8. The molecule has 3 rings (SSSR count). The minimum absolute atomic E-state index is 0.00316. The maximum absolute atomic E-state index is 13.8. The van der Waals surface area contributed by atoms with Crippen LogP contribution in [0.4, 0.5) is 10.1 Å². The van der Waals surface area contributed by atoms with Crippen molar-refractivity contribution in [1.82, 2.24) is 4.90 Å². The highest BCUT2D eigenvalue weighted by molar-refractivity contribution is 5.98. The maximum atomic E-state index is 13.8. The molecule has 0 bridgehead atoms. The predicted octanol–water partition coefficient (Wildman–Crippen LogP) is 1.44. The van der Waals surface area contributed by atoms with Crippen LogP contribution in [0.3, 0.4) is 0 Å². The Balaban J connectivity index is 1.86. The average Bonchev–Trinajstić information content (AvgIpc) is 2.75. The van der Waals surface area contributed by atoms with Gasteiger partial charge in [-0.2, -0.15) is 0 Å². The second-order valence-electron chi connectivity index (χ2n) is 5.84. The molecule has 2 aliphatic heterocycles. The normalized spacial score (nSPS) is 26.0. The summed E-state index contributed by atoms with van der Waals surface area (Å²) in [6.07, 6.45) is 0.826. The Morgan fingerprint density at radius 1 is 1.38 bits per heavy atom. The molecule has 112 valence electrons. The van der Waals surface area contributed by atoms with Crippen LogP contribution < -0.4 is 4.90 Å². The average molecular weight is 292 g/mol. The van der Waals surface area contributed by atoms with E-state index in [1.165, 1.54) is 12.1 Å². The zero-order chi connectivity index (χ0) is 15.1. The highest BCUT2D eigenvalue weighted by Crippen LogP contribution is 2.35. The fourth-order valence-corrected chi connectivity index (χ4v) is 3.33. The Hall–Kier alpha value is -1.95. The van der Waals surface area contributed by atoms with Crippen LogP contribution in [0.2, 0.25) is 0 Å². The van der Waals surface area contributed by atoms with Crippen LogP contribution in [-0.4, -0.2) is 48.6 Å². The van der Waals surface area contributed by atoms with Gasteiger partial charge in [-0.15, -0.1) is 0 Å². The van der Waals surface area contributed by atoms with Crippen LogP contribution in [0.15, 0.2) is 18.2 Å². The summed E-state index contributed by atoms with van der Waals surface area (Å²) in [6.45, 7) is 2.33. The SMILES string of the molecule is CN1CC[C@@H]2C(=O)N(c3ccc(C(=O)O)c(F)c3)C[C@@H]2C1. The number of amides is 1. The quantitative estimate of drug-likeness (QED) is 0.896. The number of likely N-dealkylation sites (tertiary alicyclic amines) is 1. The van der Waals surface area contributed by atoms with Crippen LogP contribution in [0.25, 0.3) is 0 Å². The molecule has 2 atom stereocenters. The Labute approximate surface area is 122 Å². The van der Waals surface area contributed by atoms with E-state index in [0.717, 1.165) is 25.6 Å². The number of carbonyl (C=O) groups excluding carboxylic acids is 1. The van der Waals surface area contributed by atoms with Crippen molar-refractivity contribution in [3.05, 3.63) is 29.6 Å². The highest BCUT2D eigenvalue weighted by atomic mass is 19.1. The summed E-state index contributed by atoms with van der Waals surface area (Å²) in [5, 5.41) is 8.85. The smallest absolute Gasteiger partial charge is 0.338 e. The van der Waals surface area contributed by atoms with Crippen LogP contribution >= 0.6 is 0 Å². The molecule has 0 spiro atoms. The monoisotopic (exact) mass is 292 g/mol. The number of rotatable bonds is 2. The number of carboxylic acid groups (broad SMARTS) is 1. The molecule has 1 aromatic rings. The van der Waals surface area contributed by atoms with Gasteiger partial charge < -0.3 is 14.9 Å². The lowest BCUT2D eigenvalue weighted by Gasteiger charge is -2.29. The van der Waals surface area contributed by atoms with Gasteiger partial charge in [0.15, 0.2) is 0 Å². The van der Waals surface area contributed by atoms with Crippen molar-refractivity contribution in [3.63, 3.8) is 0 Å². The molecule has 2 fully saturated rings. The van der Waals surface area contributed by atoms with Gasteiger partial charge in [0.05, 0.1) is 5.56 Å². The lowest BCUT2D eigenvalue weighted by molar-refractivity contribution is -0.122. The standard InChI is InChI=1S/C15H17FN2O3/c1-17-5-4-11-9(7-17)8-18(14(11)19)10-2-3-12(15(20)21)13(16)6-10/h2-3,6,9,11H,4-5,7-8H2,1H3,(H,20,21)/t9-,11-/m0/s1. The summed E-state index contributed by atoms with van der Waals surface area (Å²) in [5.74, 6) is -1.82. The van der Waals surface area contributed by atoms with E-state index in [1.54, 1.807) is 4.90 Å². The van der Waals surface area contributed by atoms with E-state index < -0.39 is 11.8 Å². The lowest BCUT2D eigenvalue weighted by atomic mass is 9.88. The summed E-state index contributed by atoms with van der Waals surface area (Å²) in [6, 6.07) is 3.86. The van der Waals surface area contributed by atoms with Crippen molar-refractivity contribution in [1.29, 1.82) is 0 Å². The number of benzene rings is 1. The second kappa shape index (κ2) is 5.11. The lowest BCUT2D eigenvalue weighted by Crippen LogP contribution is -2.38. The van der Waals surface area contributed by atoms with E-state index >= 15 is 0 Å². The van der Waals surface area contributed by atoms with Crippen molar-refractivity contribution in [3.8, 4) is 0 Å². The molecular weight excluding hydrogens is 275 g/mol. The van der Waals surface area contributed by atoms with E-state index in [4.69, 9.17) is 5.11 Å². The molecule has 5 nitrogen and oxygen atoms in total. The zero-order valence-electron chi connectivity index (χ0n) is 11.8. The Kier molecular flexibility index (Phi) is 3.41. The van der Waals surface area contributed by atoms with Crippen LogP contribution in [0.1, 0.15) is 16.8 Å². The molecule has 2 saturated heterocycles. The first-order chi connectivity index (χ1) is 9.97. The van der Waals surface area contributed by atoms with E-state index in [0.29, 0.717) is 12.2 Å². The molecule has 1 aromatic carbocycles. The third-order valence-corrected chi connectivity index (χ3v) is 4.43. The van der Waals surface area contributed by atoms with Gasteiger partial charge in [-0.05, 0) is 38.2 Å². The zero-order valence-corrected chi connectivity index (χ0v) is 11.8. The molecule has 0 aromatic heterocycles. The summed E-state index contributed by atoms with van der Waals surface area (Å²) in [7, 11) is 2.03. The molecule has 6 heteroatoms. The first-order valence-electron chi connectivity index (χ1n) is 7.00. The first kappa shape index (κ1) is 14.0. The van der Waals surface area contributed by atoms with Crippen molar-refractivity contribution < 1.29 is 19.1 Å². The number of aromatic carboxylic acids is 1. The van der Waals surface area contributed by atoms with Gasteiger partial charge in [-0.1, -0.05) is 0 Å². The van der Waals surface area contributed by atoms with Crippen LogP contribution in [-0.2, 0) is 4.79 Å². The maximum Gasteiger partial charge on any atom is 0.338 e. The number of piperidine rings is 1. The molecule has 2 heterocycles. The Bertz CT molecular complexity index is 605. The fraction of sp³-hybridized carbons (Fsp3) is 0.467. The van der Waals surface area contributed by atoms with Gasteiger partial charge in [-0.25, -0.2) is 9.18 Å². The molecular formula is C15H17FN2O3. The largest absolute Gasteiger partial charge is 0.478 e. The minimum Gasteiger partial charge on any atom is -0.478 e. The number of hydrogen-bond donors (Lipinski definition) is 1. The summed E-state index contributed by atoms with van der Waals surface area (Å²) in [4.78, 5) is 27.1. The molecule has 0 unspecified atom stereocenters. The number of nitrogens with zero attached hydrogens (tertiary/aromatic N) is 2. The van der Waals surface area contributed by atoms with Crippen LogP contribution in [0, 0.1) is 17.7 Å². The third kappa shape index (κ3) is 2.40. The van der Waals surface area contributed by atoms with Crippen molar-refractivity contribution in [2.75, 3.05) is 31.6 Å². The number of carboxylic acids is 1. The molecule has 21 heavy (non-hydrogen) atoms. The number of hydrogen-bond acceptors (Lipinski definition) is 3. The topological polar surface area (TPSA) is 60.9 Å². The minimum atomic E-state index is -1.30. The Morgan fingerprint density at radius 3 is 2.81 bits per heavy atom. The van der Waals surface area contributed by atoms with Gasteiger partial charge >= 0.3 is 5.97 Å². The molecule has 1 amide bonds. The van der Waals surface area contributed by atoms with Gasteiger partial charge in [0.25, 0.3) is 0 Å². The van der Waals surface area contributed by atoms with Crippen molar-refractivity contribution in [2.24, 2.45) is 11.8 Å². The number of anilines is 1. The van der Waals surface area contributed by atoms with Crippen LogP contribution in [0.5, 0.6) is 0 Å². The summed E-state index contributed by atoms with van der Waals surface area (Å²) >= 11 is 0. The van der Waals surface area contributed by atoms with Gasteiger partial charge in [-0.3, -0.25) is 4.79 Å². The Morgan fingerprint density at radius 2 is 2.14 bits per heavy atom. The van der Waals surface area contributed by atoms with E-state index in [2.05, 4.69) is 4.90 Å². The van der Waals surface area contributed by atoms with Gasteiger partial charge in [0.2, 0.25) is 5.91 Å². The highest BCUT2D eigenvalue weighted by Gasteiger charge is 2.43. The molecule has 0 aliphatic carbocycles. The molecule has 0 saturated carbocycles. The van der Waals surface area contributed by atoms with E-state index in [-0.39, 0.29) is 23.3 Å². The second-order valence-corrected chi connectivity index (χ2v) is 5.84. The number of fused-ring (bicyclic) bond motifs is 1. The predicted molar refractivity (Wildman–Crippen MR) is 74.8 cm³/mol. The molecule has 2 aliphatic rings. The van der Waals surface area contributed by atoms with Gasteiger partial charge in [0, 0.05) is 30.6 Å². The number of carbonyl (C=O) groups is 2.